The smallest absolute Gasteiger partial charge is 0.245 e. The monoisotopic (exact) mass is 442 g/mol. The van der Waals surface area contributed by atoms with Crippen LogP contribution in [0.4, 0.5) is 0 Å². The molecule has 32 heavy (non-hydrogen) atoms. The van der Waals surface area contributed by atoms with Crippen LogP contribution in [0.5, 0.6) is 0 Å². The minimum atomic E-state index is -0.426. The molecule has 3 rings (SSSR count). The zero-order valence-electron chi connectivity index (χ0n) is 19.5. The van der Waals surface area contributed by atoms with Crippen LogP contribution < -0.4 is 0 Å². The Morgan fingerprint density at radius 1 is 0.906 bits per heavy atom. The Kier molecular flexibility index (Phi) is 9.72. The van der Waals surface area contributed by atoms with Gasteiger partial charge in [0.05, 0.1) is 12.6 Å². The first-order chi connectivity index (χ1) is 15.6. The van der Waals surface area contributed by atoms with E-state index in [1.165, 1.54) is 12.8 Å². The predicted molar refractivity (Wildman–Crippen MR) is 124 cm³/mol. The minimum Gasteiger partial charge on any atom is -0.369 e. The molecular formula is C26H38N2O4. The maximum Gasteiger partial charge on any atom is 0.245 e. The second-order valence-corrected chi connectivity index (χ2v) is 9.04. The largest absolute Gasteiger partial charge is 0.369 e. The summed E-state index contributed by atoms with van der Waals surface area (Å²) in [6.45, 7) is 3.81. The number of amides is 2. The number of rotatable bonds is 12. The molecule has 0 aromatic heterocycles. The molecule has 0 N–H and O–H groups in total. The summed E-state index contributed by atoms with van der Waals surface area (Å²) >= 11 is 0. The van der Waals surface area contributed by atoms with Crippen molar-refractivity contribution in [3.8, 4) is 0 Å². The fourth-order valence-electron chi connectivity index (χ4n) is 4.84. The van der Waals surface area contributed by atoms with Crippen LogP contribution in [-0.4, -0.2) is 59.2 Å². The molecule has 0 aliphatic carbocycles. The van der Waals surface area contributed by atoms with Gasteiger partial charge in [-0.3, -0.25) is 14.4 Å². The van der Waals surface area contributed by atoms with Gasteiger partial charge >= 0.3 is 0 Å². The molecule has 176 valence electrons. The Labute approximate surface area is 192 Å². The summed E-state index contributed by atoms with van der Waals surface area (Å²) in [7, 11) is 0. The van der Waals surface area contributed by atoms with Crippen LogP contribution >= 0.6 is 0 Å². The van der Waals surface area contributed by atoms with Crippen molar-refractivity contribution in [2.24, 2.45) is 0 Å². The number of carbonyl (C=O) groups excluding carboxylic acids is 3. The number of Topliss-reactive ketones (excluding diaryl/α,β-unsaturated/α-hetero) is 1. The van der Waals surface area contributed by atoms with Gasteiger partial charge in [0.1, 0.15) is 12.6 Å². The molecule has 2 aliphatic heterocycles. The van der Waals surface area contributed by atoms with Crippen LogP contribution in [0.15, 0.2) is 30.3 Å². The van der Waals surface area contributed by atoms with E-state index in [2.05, 4.69) is 6.92 Å². The highest BCUT2D eigenvalue weighted by atomic mass is 16.5. The van der Waals surface area contributed by atoms with Crippen molar-refractivity contribution < 1.29 is 19.1 Å². The summed E-state index contributed by atoms with van der Waals surface area (Å²) in [5.41, 5.74) is 1.02. The number of unbranched alkanes of at least 4 members (excludes halogenated alkanes) is 4. The molecule has 0 bridgehead atoms. The maximum absolute atomic E-state index is 13.3. The van der Waals surface area contributed by atoms with Crippen LogP contribution in [0.1, 0.15) is 76.7 Å². The molecule has 2 amide bonds. The first-order valence-electron chi connectivity index (χ1n) is 12.4. The number of nitrogens with zero attached hydrogens (tertiary/aromatic N) is 2. The first kappa shape index (κ1) is 24.4. The average molecular weight is 443 g/mol. The summed E-state index contributed by atoms with van der Waals surface area (Å²) in [4.78, 5) is 42.4. The van der Waals surface area contributed by atoms with Gasteiger partial charge in [-0.25, -0.2) is 0 Å². The first-order valence-corrected chi connectivity index (χ1v) is 12.4. The van der Waals surface area contributed by atoms with Crippen molar-refractivity contribution in [1.82, 2.24) is 9.80 Å². The van der Waals surface area contributed by atoms with E-state index in [0.29, 0.717) is 39.0 Å². The lowest BCUT2D eigenvalue weighted by Crippen LogP contribution is -2.51. The van der Waals surface area contributed by atoms with E-state index in [-0.39, 0.29) is 24.2 Å². The molecule has 1 aromatic carbocycles. The average Bonchev–Trinajstić information content (AvgIpc) is 3.49. The summed E-state index contributed by atoms with van der Waals surface area (Å²) in [6.07, 6.45) is 9.07. The van der Waals surface area contributed by atoms with Gasteiger partial charge < -0.3 is 14.5 Å². The molecular weight excluding hydrogens is 404 g/mol. The molecule has 6 heteroatoms. The third-order valence-corrected chi connectivity index (χ3v) is 6.62. The van der Waals surface area contributed by atoms with Crippen molar-refractivity contribution >= 4 is 17.6 Å². The Hall–Kier alpha value is -2.21. The molecule has 6 nitrogen and oxygen atoms in total. The van der Waals surface area contributed by atoms with Crippen molar-refractivity contribution in [1.29, 1.82) is 0 Å². The molecule has 2 fully saturated rings. The lowest BCUT2D eigenvalue weighted by atomic mass is 10.1. The van der Waals surface area contributed by atoms with Gasteiger partial charge in [-0.2, -0.15) is 0 Å². The number of benzene rings is 1. The van der Waals surface area contributed by atoms with E-state index in [4.69, 9.17) is 4.74 Å². The van der Waals surface area contributed by atoms with Crippen molar-refractivity contribution in [3.05, 3.63) is 35.9 Å². The van der Waals surface area contributed by atoms with Gasteiger partial charge in [0.2, 0.25) is 11.8 Å². The Bertz CT molecular complexity index is 751. The van der Waals surface area contributed by atoms with Crippen LogP contribution in [0.3, 0.4) is 0 Å². The Balaban J connectivity index is 1.49. The second-order valence-electron chi connectivity index (χ2n) is 9.04. The molecule has 2 aliphatic rings. The number of likely N-dealkylation sites (tertiary alicyclic amines) is 2. The molecule has 1 aromatic rings. The highest BCUT2D eigenvalue weighted by Crippen LogP contribution is 2.26. The normalized spacial score (nSPS) is 20.7. The molecule has 2 saturated heterocycles. The third-order valence-electron chi connectivity index (χ3n) is 6.62. The van der Waals surface area contributed by atoms with Crippen LogP contribution in [0.25, 0.3) is 0 Å². The molecule has 2 unspecified atom stereocenters. The number of hydrogen-bond acceptors (Lipinski definition) is 4. The van der Waals surface area contributed by atoms with E-state index >= 15 is 0 Å². The van der Waals surface area contributed by atoms with Gasteiger partial charge in [0, 0.05) is 19.5 Å². The van der Waals surface area contributed by atoms with E-state index in [1.807, 2.05) is 30.3 Å². The Morgan fingerprint density at radius 2 is 1.59 bits per heavy atom. The van der Waals surface area contributed by atoms with Gasteiger partial charge in [-0.05, 0) is 37.7 Å². The summed E-state index contributed by atoms with van der Waals surface area (Å²) in [5.74, 6) is -0.00932. The maximum atomic E-state index is 13.3. The Morgan fingerprint density at radius 3 is 2.34 bits per heavy atom. The second kappa shape index (κ2) is 12.7. The topological polar surface area (TPSA) is 66.9 Å². The molecule has 2 atom stereocenters. The zero-order valence-corrected chi connectivity index (χ0v) is 19.5. The third kappa shape index (κ3) is 6.64. The van der Waals surface area contributed by atoms with E-state index in [1.54, 1.807) is 9.80 Å². The van der Waals surface area contributed by atoms with Crippen LogP contribution in [-0.2, 0) is 25.7 Å². The number of ketones is 1. The number of ether oxygens (including phenoxy) is 1. The zero-order chi connectivity index (χ0) is 22.8. The molecule has 0 spiro atoms. The fraction of sp³-hybridized carbons (Fsp3) is 0.654. The van der Waals surface area contributed by atoms with Gasteiger partial charge in [-0.15, -0.1) is 0 Å². The quantitative estimate of drug-likeness (QED) is 0.457. The standard InChI is InChI=1S/C26H38N2O4/c1-2-3-4-5-9-16-25(30)27-17-11-15-23(27)26(31)28-18-10-14-22(28)24(29)20-32-19-21-12-7-6-8-13-21/h6-8,12-13,22-23H,2-5,9-11,14-20H2,1H3. The lowest BCUT2D eigenvalue weighted by Gasteiger charge is -2.31. The van der Waals surface area contributed by atoms with Gasteiger partial charge in [-0.1, -0.05) is 62.9 Å². The van der Waals surface area contributed by atoms with Crippen LogP contribution in [0.2, 0.25) is 0 Å². The molecule has 0 saturated carbocycles. The molecule has 0 radical (unpaired) electrons. The highest BCUT2D eigenvalue weighted by molar-refractivity contribution is 5.94. The fourth-order valence-corrected chi connectivity index (χ4v) is 4.84. The minimum absolute atomic E-state index is 0.00835. The van der Waals surface area contributed by atoms with E-state index < -0.39 is 12.1 Å². The summed E-state index contributed by atoms with van der Waals surface area (Å²) in [6, 6.07) is 8.92. The van der Waals surface area contributed by atoms with Gasteiger partial charge in [0.25, 0.3) is 0 Å². The van der Waals surface area contributed by atoms with Crippen molar-refractivity contribution in [3.63, 3.8) is 0 Å². The van der Waals surface area contributed by atoms with Crippen molar-refractivity contribution in [2.75, 3.05) is 19.7 Å². The SMILES string of the molecule is CCCCCCCC(=O)N1CCCC1C(=O)N1CCCC1C(=O)COCc1ccccc1. The molecule has 2 heterocycles. The van der Waals surface area contributed by atoms with Crippen molar-refractivity contribution in [2.45, 2.75) is 89.8 Å². The van der Waals surface area contributed by atoms with E-state index in [0.717, 1.165) is 37.7 Å². The number of hydrogen-bond donors (Lipinski definition) is 0. The van der Waals surface area contributed by atoms with Crippen LogP contribution in [0, 0.1) is 0 Å². The lowest BCUT2D eigenvalue weighted by molar-refractivity contribution is -0.147. The summed E-state index contributed by atoms with van der Waals surface area (Å²) < 4.78 is 5.63. The summed E-state index contributed by atoms with van der Waals surface area (Å²) in [5, 5.41) is 0. The number of carbonyl (C=O) groups is 3. The van der Waals surface area contributed by atoms with Gasteiger partial charge in [0.15, 0.2) is 5.78 Å². The highest BCUT2D eigenvalue weighted by Gasteiger charge is 2.41. The van der Waals surface area contributed by atoms with E-state index in [9.17, 15) is 14.4 Å². The predicted octanol–water partition coefficient (Wildman–Crippen LogP) is 4.11.